The number of nitrogens with zero attached hydrogens (tertiary/aromatic N) is 2. The standard InChI is InChI=1S/C20H23N3/c1-15-4-3-10-23(15)11-8-19-13-18-12-16(6-7-20(18)22-19)17-5-2-9-21-14-17/h2,5-7,9,12-15,22H,3-4,8,10-11H2,1H3. The van der Waals surface area contributed by atoms with Crippen LogP contribution in [0.5, 0.6) is 0 Å². The largest absolute Gasteiger partial charge is 0.358 e. The Morgan fingerprint density at radius 1 is 1.22 bits per heavy atom. The van der Waals surface area contributed by atoms with Crippen LogP contribution in [-0.2, 0) is 6.42 Å². The van der Waals surface area contributed by atoms with Crippen LogP contribution < -0.4 is 0 Å². The first kappa shape index (κ1) is 14.5. The number of benzene rings is 1. The van der Waals surface area contributed by atoms with Crippen molar-refractivity contribution in [2.75, 3.05) is 13.1 Å². The molecule has 0 bridgehead atoms. The van der Waals surface area contributed by atoms with E-state index in [0.717, 1.165) is 19.0 Å². The fourth-order valence-electron chi connectivity index (χ4n) is 3.63. The van der Waals surface area contributed by atoms with E-state index in [9.17, 15) is 0 Å². The molecule has 1 aliphatic heterocycles. The van der Waals surface area contributed by atoms with Crippen LogP contribution in [0.4, 0.5) is 0 Å². The van der Waals surface area contributed by atoms with Gasteiger partial charge in [-0.15, -0.1) is 0 Å². The molecule has 1 unspecified atom stereocenters. The Balaban J connectivity index is 1.54. The van der Waals surface area contributed by atoms with E-state index in [1.807, 2.05) is 18.5 Å². The van der Waals surface area contributed by atoms with Crippen molar-refractivity contribution in [3.8, 4) is 11.1 Å². The van der Waals surface area contributed by atoms with Crippen LogP contribution in [0.2, 0.25) is 0 Å². The minimum absolute atomic E-state index is 0.747. The molecule has 4 rings (SSSR count). The van der Waals surface area contributed by atoms with Crippen LogP contribution in [0, 0.1) is 0 Å². The Morgan fingerprint density at radius 3 is 2.96 bits per heavy atom. The second kappa shape index (κ2) is 6.17. The molecule has 0 spiro atoms. The van der Waals surface area contributed by atoms with Gasteiger partial charge in [0, 0.05) is 53.6 Å². The molecular formula is C20H23N3. The number of aromatic amines is 1. The molecule has 1 saturated heterocycles. The number of hydrogen-bond acceptors (Lipinski definition) is 2. The molecule has 1 N–H and O–H groups in total. The minimum atomic E-state index is 0.747. The number of hydrogen-bond donors (Lipinski definition) is 1. The molecule has 1 aliphatic rings. The second-order valence-corrected chi connectivity index (χ2v) is 6.62. The monoisotopic (exact) mass is 305 g/mol. The Hall–Kier alpha value is -2.13. The Labute approximate surface area is 137 Å². The van der Waals surface area contributed by atoms with Crippen LogP contribution in [0.3, 0.4) is 0 Å². The van der Waals surface area contributed by atoms with Crippen molar-refractivity contribution in [3.05, 3.63) is 54.5 Å². The fourth-order valence-corrected chi connectivity index (χ4v) is 3.63. The Morgan fingerprint density at radius 2 is 2.17 bits per heavy atom. The molecule has 1 aromatic carbocycles. The van der Waals surface area contributed by atoms with Crippen molar-refractivity contribution in [2.45, 2.75) is 32.2 Å². The smallest absolute Gasteiger partial charge is 0.0456 e. The van der Waals surface area contributed by atoms with Gasteiger partial charge in [0.2, 0.25) is 0 Å². The summed E-state index contributed by atoms with van der Waals surface area (Å²) in [5, 5.41) is 1.29. The summed E-state index contributed by atoms with van der Waals surface area (Å²) >= 11 is 0. The third kappa shape index (κ3) is 3.02. The second-order valence-electron chi connectivity index (χ2n) is 6.62. The maximum atomic E-state index is 4.21. The lowest BCUT2D eigenvalue weighted by Gasteiger charge is -2.20. The van der Waals surface area contributed by atoms with Crippen LogP contribution >= 0.6 is 0 Å². The van der Waals surface area contributed by atoms with Gasteiger partial charge in [0.15, 0.2) is 0 Å². The Bertz CT molecular complexity index is 791. The number of nitrogens with one attached hydrogen (secondary N) is 1. The summed E-state index contributed by atoms with van der Waals surface area (Å²) in [4.78, 5) is 10.4. The lowest BCUT2D eigenvalue weighted by molar-refractivity contribution is 0.271. The number of likely N-dealkylation sites (tertiary alicyclic amines) is 1. The third-order valence-corrected chi connectivity index (χ3v) is 5.03. The third-order valence-electron chi connectivity index (χ3n) is 5.03. The first-order valence-electron chi connectivity index (χ1n) is 8.56. The average Bonchev–Trinajstić information content (AvgIpc) is 3.18. The minimum Gasteiger partial charge on any atom is -0.358 e. The van der Waals surface area contributed by atoms with Gasteiger partial charge in [-0.25, -0.2) is 0 Å². The molecule has 0 saturated carbocycles. The number of pyridine rings is 1. The zero-order valence-electron chi connectivity index (χ0n) is 13.6. The van der Waals surface area contributed by atoms with Gasteiger partial charge in [-0.3, -0.25) is 4.98 Å². The predicted octanol–water partition coefficient (Wildman–Crippen LogP) is 4.26. The van der Waals surface area contributed by atoms with E-state index in [-0.39, 0.29) is 0 Å². The highest BCUT2D eigenvalue weighted by Crippen LogP contribution is 2.25. The molecule has 0 radical (unpaired) electrons. The van der Waals surface area contributed by atoms with Gasteiger partial charge in [0.05, 0.1) is 0 Å². The maximum absolute atomic E-state index is 4.21. The normalized spacial score (nSPS) is 18.7. The summed E-state index contributed by atoms with van der Waals surface area (Å²) in [6.07, 6.45) is 7.53. The van der Waals surface area contributed by atoms with E-state index in [2.05, 4.69) is 52.1 Å². The topological polar surface area (TPSA) is 31.9 Å². The van der Waals surface area contributed by atoms with E-state index >= 15 is 0 Å². The zero-order chi connectivity index (χ0) is 15.6. The van der Waals surface area contributed by atoms with Gasteiger partial charge in [0.25, 0.3) is 0 Å². The molecular weight excluding hydrogens is 282 g/mol. The van der Waals surface area contributed by atoms with Crippen molar-refractivity contribution in [2.24, 2.45) is 0 Å². The first-order valence-corrected chi connectivity index (χ1v) is 8.56. The average molecular weight is 305 g/mol. The number of fused-ring (bicyclic) bond motifs is 1. The summed E-state index contributed by atoms with van der Waals surface area (Å²) in [6, 6.07) is 13.7. The summed E-state index contributed by atoms with van der Waals surface area (Å²) in [5.41, 5.74) is 4.96. The summed E-state index contributed by atoms with van der Waals surface area (Å²) in [5.74, 6) is 0. The lowest BCUT2D eigenvalue weighted by Crippen LogP contribution is -2.29. The number of rotatable bonds is 4. The van der Waals surface area contributed by atoms with Gasteiger partial charge < -0.3 is 9.88 Å². The predicted molar refractivity (Wildman–Crippen MR) is 95.5 cm³/mol. The quantitative estimate of drug-likeness (QED) is 0.781. The van der Waals surface area contributed by atoms with Gasteiger partial charge in [-0.2, -0.15) is 0 Å². The van der Waals surface area contributed by atoms with Crippen molar-refractivity contribution >= 4 is 10.9 Å². The van der Waals surface area contributed by atoms with Gasteiger partial charge in [-0.05, 0) is 56.1 Å². The summed E-state index contributed by atoms with van der Waals surface area (Å²) in [6.45, 7) is 4.76. The highest BCUT2D eigenvalue weighted by Gasteiger charge is 2.19. The molecule has 3 aromatic rings. The van der Waals surface area contributed by atoms with E-state index in [0.29, 0.717) is 0 Å². The van der Waals surface area contributed by atoms with E-state index in [1.165, 1.54) is 47.1 Å². The molecule has 0 amide bonds. The first-order chi connectivity index (χ1) is 11.3. The van der Waals surface area contributed by atoms with Gasteiger partial charge in [0.1, 0.15) is 0 Å². The zero-order valence-corrected chi connectivity index (χ0v) is 13.6. The molecule has 118 valence electrons. The van der Waals surface area contributed by atoms with E-state index in [1.54, 1.807) is 0 Å². The lowest BCUT2D eigenvalue weighted by atomic mass is 10.1. The molecule has 3 nitrogen and oxygen atoms in total. The van der Waals surface area contributed by atoms with Crippen molar-refractivity contribution in [3.63, 3.8) is 0 Å². The van der Waals surface area contributed by atoms with Crippen LogP contribution in [0.15, 0.2) is 48.8 Å². The maximum Gasteiger partial charge on any atom is 0.0456 e. The molecule has 23 heavy (non-hydrogen) atoms. The van der Waals surface area contributed by atoms with Crippen LogP contribution in [0.25, 0.3) is 22.0 Å². The molecule has 3 heteroatoms. The number of H-pyrrole nitrogens is 1. The molecule has 0 aliphatic carbocycles. The van der Waals surface area contributed by atoms with E-state index in [4.69, 9.17) is 0 Å². The van der Waals surface area contributed by atoms with Crippen LogP contribution in [0.1, 0.15) is 25.5 Å². The summed E-state index contributed by atoms with van der Waals surface area (Å²) < 4.78 is 0. The SMILES string of the molecule is CC1CCCN1CCc1cc2cc(-c3cccnc3)ccc2[nH]1. The molecule has 3 heterocycles. The van der Waals surface area contributed by atoms with Gasteiger partial charge in [-0.1, -0.05) is 12.1 Å². The molecule has 2 aromatic heterocycles. The van der Waals surface area contributed by atoms with Crippen molar-refractivity contribution in [1.82, 2.24) is 14.9 Å². The fraction of sp³-hybridized carbons (Fsp3) is 0.350. The van der Waals surface area contributed by atoms with Crippen LogP contribution in [-0.4, -0.2) is 34.0 Å². The van der Waals surface area contributed by atoms with Gasteiger partial charge >= 0.3 is 0 Å². The Kier molecular flexibility index (Phi) is 3.88. The molecule has 1 fully saturated rings. The van der Waals surface area contributed by atoms with Crippen molar-refractivity contribution < 1.29 is 0 Å². The highest BCUT2D eigenvalue weighted by atomic mass is 15.2. The van der Waals surface area contributed by atoms with Crippen molar-refractivity contribution in [1.29, 1.82) is 0 Å². The highest BCUT2D eigenvalue weighted by molar-refractivity contribution is 5.85. The number of aromatic nitrogens is 2. The summed E-state index contributed by atoms with van der Waals surface area (Å²) in [7, 11) is 0. The molecule has 1 atom stereocenters. The van der Waals surface area contributed by atoms with E-state index < -0.39 is 0 Å².